The van der Waals surface area contributed by atoms with Gasteiger partial charge in [-0.05, 0) is 31.4 Å². The molecule has 0 saturated carbocycles. The van der Waals surface area contributed by atoms with Crippen LogP contribution in [0.5, 0.6) is 0 Å². The van der Waals surface area contributed by atoms with E-state index in [-0.39, 0.29) is 42.4 Å². The average Bonchev–Trinajstić information content (AvgIpc) is 3.09. The summed E-state index contributed by atoms with van der Waals surface area (Å²) in [5, 5.41) is 9.81. The summed E-state index contributed by atoms with van der Waals surface area (Å²) in [7, 11) is 1.76. The van der Waals surface area contributed by atoms with Crippen LogP contribution in [0.1, 0.15) is 59.9 Å². The van der Waals surface area contributed by atoms with Gasteiger partial charge >= 0.3 is 0 Å². The Hall–Kier alpha value is -3.16. The molecule has 0 bridgehead atoms. The zero-order valence-electron chi connectivity index (χ0n) is 18.3. The van der Waals surface area contributed by atoms with Crippen molar-refractivity contribution in [2.24, 2.45) is 7.05 Å². The van der Waals surface area contributed by atoms with Crippen molar-refractivity contribution in [1.29, 1.82) is 0 Å². The van der Waals surface area contributed by atoms with Crippen molar-refractivity contribution in [3.63, 3.8) is 0 Å². The average molecular weight is 426 g/mol. The minimum Gasteiger partial charge on any atom is -0.356 e. The standard InChI is InChI=1S/C23H31N5O3/c1-17-14-19(26-27(17)2)23(31)25-16-22(30)28-13-9-4-3-8-12-24-21(29)15-20(28)18-10-6-5-7-11-18/h5-7,10-11,14,20H,3-4,8-9,12-13,15-16H2,1-2H3,(H,24,29)(H,25,31). The van der Waals surface area contributed by atoms with Gasteiger partial charge in [-0.15, -0.1) is 0 Å². The molecule has 0 radical (unpaired) electrons. The molecule has 166 valence electrons. The maximum atomic E-state index is 13.2. The highest BCUT2D eigenvalue weighted by Crippen LogP contribution is 2.26. The van der Waals surface area contributed by atoms with Gasteiger partial charge in [-0.25, -0.2) is 0 Å². The number of hydrogen-bond donors (Lipinski definition) is 2. The molecule has 8 heteroatoms. The zero-order chi connectivity index (χ0) is 22.2. The van der Waals surface area contributed by atoms with Crippen molar-refractivity contribution < 1.29 is 14.4 Å². The fourth-order valence-electron chi connectivity index (χ4n) is 3.79. The van der Waals surface area contributed by atoms with Crippen molar-refractivity contribution in [1.82, 2.24) is 25.3 Å². The summed E-state index contributed by atoms with van der Waals surface area (Å²) in [5.41, 5.74) is 2.06. The Labute approximate surface area is 183 Å². The van der Waals surface area contributed by atoms with E-state index in [4.69, 9.17) is 0 Å². The normalized spacial score (nSPS) is 18.1. The summed E-state index contributed by atoms with van der Waals surface area (Å²) in [6.07, 6.45) is 3.99. The molecule has 1 aromatic heterocycles. The quantitative estimate of drug-likeness (QED) is 0.784. The summed E-state index contributed by atoms with van der Waals surface area (Å²) in [5.74, 6) is -0.660. The second kappa shape index (κ2) is 10.7. The first-order chi connectivity index (χ1) is 15.0. The molecule has 0 spiro atoms. The van der Waals surface area contributed by atoms with Crippen LogP contribution in [0.3, 0.4) is 0 Å². The van der Waals surface area contributed by atoms with Crippen LogP contribution in [0.15, 0.2) is 36.4 Å². The molecule has 2 heterocycles. The first kappa shape index (κ1) is 22.5. The van der Waals surface area contributed by atoms with Crippen LogP contribution in [-0.4, -0.2) is 52.0 Å². The third-order valence-corrected chi connectivity index (χ3v) is 5.65. The van der Waals surface area contributed by atoms with Gasteiger partial charge in [0.2, 0.25) is 11.8 Å². The van der Waals surface area contributed by atoms with Crippen molar-refractivity contribution >= 4 is 17.7 Å². The number of carbonyl (C=O) groups excluding carboxylic acids is 3. The Morgan fingerprint density at radius 2 is 1.90 bits per heavy atom. The third kappa shape index (κ3) is 6.16. The van der Waals surface area contributed by atoms with Gasteiger partial charge < -0.3 is 15.5 Å². The van der Waals surface area contributed by atoms with Crippen molar-refractivity contribution in [2.75, 3.05) is 19.6 Å². The van der Waals surface area contributed by atoms with Crippen LogP contribution in [0.2, 0.25) is 0 Å². The van der Waals surface area contributed by atoms with E-state index >= 15 is 0 Å². The molecule has 1 aliphatic heterocycles. The number of hydrogen-bond acceptors (Lipinski definition) is 4. The first-order valence-electron chi connectivity index (χ1n) is 10.9. The number of nitrogens with one attached hydrogen (secondary N) is 2. The molecule has 31 heavy (non-hydrogen) atoms. The Bertz CT molecular complexity index is 890. The van der Waals surface area contributed by atoms with E-state index in [1.807, 2.05) is 37.3 Å². The smallest absolute Gasteiger partial charge is 0.272 e. The van der Waals surface area contributed by atoms with Gasteiger partial charge in [0.25, 0.3) is 5.91 Å². The predicted molar refractivity (Wildman–Crippen MR) is 117 cm³/mol. The summed E-state index contributed by atoms with van der Waals surface area (Å²) >= 11 is 0. The van der Waals surface area contributed by atoms with Crippen molar-refractivity contribution in [3.8, 4) is 0 Å². The largest absolute Gasteiger partial charge is 0.356 e. The van der Waals surface area contributed by atoms with E-state index < -0.39 is 0 Å². The lowest BCUT2D eigenvalue weighted by Gasteiger charge is -2.32. The van der Waals surface area contributed by atoms with Crippen molar-refractivity contribution in [2.45, 2.75) is 45.1 Å². The van der Waals surface area contributed by atoms with Crippen LogP contribution < -0.4 is 10.6 Å². The Morgan fingerprint density at radius 1 is 1.16 bits per heavy atom. The molecule has 1 saturated heterocycles. The first-order valence-corrected chi connectivity index (χ1v) is 10.9. The van der Waals surface area contributed by atoms with Gasteiger partial charge in [-0.1, -0.05) is 43.2 Å². The molecule has 1 aliphatic rings. The maximum Gasteiger partial charge on any atom is 0.272 e. The number of carbonyl (C=O) groups is 3. The van der Waals surface area contributed by atoms with E-state index in [0.717, 1.165) is 36.9 Å². The zero-order valence-corrected chi connectivity index (χ0v) is 18.3. The monoisotopic (exact) mass is 425 g/mol. The molecule has 8 nitrogen and oxygen atoms in total. The molecule has 3 rings (SSSR count). The Kier molecular flexibility index (Phi) is 7.81. The summed E-state index contributed by atoms with van der Waals surface area (Å²) < 4.78 is 1.62. The third-order valence-electron chi connectivity index (χ3n) is 5.65. The summed E-state index contributed by atoms with van der Waals surface area (Å²) in [6, 6.07) is 10.9. The molecule has 0 aliphatic carbocycles. The fraction of sp³-hybridized carbons (Fsp3) is 0.478. The molecular weight excluding hydrogens is 394 g/mol. The Morgan fingerprint density at radius 3 is 2.61 bits per heavy atom. The van der Waals surface area contributed by atoms with Gasteiger partial charge in [-0.3, -0.25) is 19.1 Å². The van der Waals surface area contributed by atoms with Crippen LogP contribution in [0.25, 0.3) is 0 Å². The number of aryl methyl sites for hydroxylation is 2. The maximum absolute atomic E-state index is 13.2. The van der Waals surface area contributed by atoms with Crippen molar-refractivity contribution in [3.05, 3.63) is 53.3 Å². The van der Waals surface area contributed by atoms with Crippen LogP contribution in [-0.2, 0) is 16.6 Å². The number of aromatic nitrogens is 2. The van der Waals surface area contributed by atoms with E-state index in [9.17, 15) is 14.4 Å². The molecule has 1 atom stereocenters. The van der Waals surface area contributed by atoms with E-state index in [0.29, 0.717) is 13.1 Å². The molecule has 2 N–H and O–H groups in total. The number of nitrogens with zero attached hydrogens (tertiary/aromatic N) is 3. The van der Waals surface area contributed by atoms with Crippen LogP contribution >= 0.6 is 0 Å². The number of amides is 3. The highest BCUT2D eigenvalue weighted by molar-refractivity contribution is 5.95. The topological polar surface area (TPSA) is 96.3 Å². The Balaban J connectivity index is 1.76. The number of benzene rings is 1. The highest BCUT2D eigenvalue weighted by atomic mass is 16.2. The number of rotatable bonds is 4. The van der Waals surface area contributed by atoms with Gasteiger partial charge in [0.1, 0.15) is 5.69 Å². The second-order valence-corrected chi connectivity index (χ2v) is 7.96. The minimum absolute atomic E-state index is 0.0680. The van der Waals surface area contributed by atoms with Crippen LogP contribution in [0.4, 0.5) is 0 Å². The molecule has 2 aromatic rings. The molecule has 1 aromatic carbocycles. The second-order valence-electron chi connectivity index (χ2n) is 7.96. The van der Waals surface area contributed by atoms with E-state index in [1.165, 1.54) is 0 Å². The van der Waals surface area contributed by atoms with Gasteiger partial charge in [0.05, 0.1) is 19.0 Å². The lowest BCUT2D eigenvalue weighted by atomic mass is 10.0. The lowest BCUT2D eigenvalue weighted by Crippen LogP contribution is -2.44. The molecule has 1 fully saturated rings. The van der Waals surface area contributed by atoms with E-state index in [2.05, 4.69) is 15.7 Å². The molecule has 1 unspecified atom stereocenters. The van der Waals surface area contributed by atoms with E-state index in [1.54, 1.807) is 22.7 Å². The molecule has 3 amide bonds. The molecular formula is C23H31N5O3. The van der Waals surface area contributed by atoms with Crippen LogP contribution in [0, 0.1) is 6.92 Å². The van der Waals surface area contributed by atoms with Gasteiger partial charge in [0, 0.05) is 25.8 Å². The lowest BCUT2D eigenvalue weighted by molar-refractivity contribution is -0.134. The fourth-order valence-corrected chi connectivity index (χ4v) is 3.79. The summed E-state index contributed by atoms with van der Waals surface area (Å²) in [4.78, 5) is 39.9. The summed E-state index contributed by atoms with van der Waals surface area (Å²) in [6.45, 7) is 2.93. The van der Waals surface area contributed by atoms with Gasteiger partial charge in [0.15, 0.2) is 0 Å². The van der Waals surface area contributed by atoms with Gasteiger partial charge in [-0.2, -0.15) is 5.10 Å². The SMILES string of the molecule is Cc1cc(C(=O)NCC(=O)N2CCCCCCNC(=O)CC2c2ccccc2)nn1C. The highest BCUT2D eigenvalue weighted by Gasteiger charge is 2.28. The minimum atomic E-state index is -0.385. The predicted octanol–water partition coefficient (Wildman–Crippen LogP) is 2.11.